The Morgan fingerprint density at radius 2 is 2.05 bits per heavy atom. The number of halogens is 1. The molecule has 0 spiro atoms. The number of nitrogens with one attached hydrogen (secondary N) is 1. The SMILES string of the molecule is O=C(CCl)Nc1ccc(O)c(C(=O)N2CCOCC2)c1. The van der Waals surface area contributed by atoms with Crippen molar-refractivity contribution in [2.45, 2.75) is 0 Å². The van der Waals surface area contributed by atoms with Gasteiger partial charge in [-0.1, -0.05) is 0 Å². The fourth-order valence-corrected chi connectivity index (χ4v) is 1.98. The van der Waals surface area contributed by atoms with E-state index in [4.69, 9.17) is 16.3 Å². The molecule has 2 N–H and O–H groups in total. The molecule has 0 radical (unpaired) electrons. The van der Waals surface area contributed by atoms with Crippen molar-refractivity contribution in [1.29, 1.82) is 0 Å². The Morgan fingerprint density at radius 3 is 2.70 bits per heavy atom. The Hall–Kier alpha value is -1.79. The maximum atomic E-state index is 12.3. The van der Waals surface area contributed by atoms with Crippen LogP contribution in [-0.4, -0.2) is 54.0 Å². The van der Waals surface area contributed by atoms with Gasteiger partial charge < -0.3 is 20.1 Å². The van der Waals surface area contributed by atoms with Gasteiger partial charge in [-0.15, -0.1) is 11.6 Å². The van der Waals surface area contributed by atoms with Gasteiger partial charge in [0.25, 0.3) is 5.91 Å². The minimum atomic E-state index is -0.373. The van der Waals surface area contributed by atoms with Gasteiger partial charge in [-0.2, -0.15) is 0 Å². The number of anilines is 1. The number of carbonyl (C=O) groups excluding carboxylic acids is 2. The van der Waals surface area contributed by atoms with Crippen LogP contribution in [0.2, 0.25) is 0 Å². The molecular formula is C13H15ClN2O4. The van der Waals surface area contributed by atoms with E-state index in [1.54, 1.807) is 4.90 Å². The molecule has 0 aromatic heterocycles. The molecule has 1 aromatic rings. The second-order valence-electron chi connectivity index (χ2n) is 4.32. The molecule has 0 bridgehead atoms. The fraction of sp³-hybridized carbons (Fsp3) is 0.385. The first-order valence-electron chi connectivity index (χ1n) is 6.17. The van der Waals surface area contributed by atoms with Crippen molar-refractivity contribution in [1.82, 2.24) is 4.90 Å². The Balaban J connectivity index is 2.18. The lowest BCUT2D eigenvalue weighted by molar-refractivity contribution is -0.113. The van der Waals surface area contributed by atoms with E-state index in [1.165, 1.54) is 18.2 Å². The van der Waals surface area contributed by atoms with Crippen molar-refractivity contribution in [3.63, 3.8) is 0 Å². The standard InChI is InChI=1S/C13H15ClN2O4/c14-8-12(18)15-9-1-2-11(17)10(7-9)13(19)16-3-5-20-6-4-16/h1-2,7,17H,3-6,8H2,(H,15,18). The maximum absolute atomic E-state index is 12.3. The van der Waals surface area contributed by atoms with Crippen LogP contribution in [0.3, 0.4) is 0 Å². The lowest BCUT2D eigenvalue weighted by Crippen LogP contribution is -2.40. The van der Waals surface area contributed by atoms with Gasteiger partial charge >= 0.3 is 0 Å². The van der Waals surface area contributed by atoms with Crippen LogP contribution in [0.15, 0.2) is 18.2 Å². The molecule has 0 unspecified atom stereocenters. The van der Waals surface area contributed by atoms with Crippen molar-refractivity contribution >= 4 is 29.1 Å². The molecule has 0 atom stereocenters. The minimum Gasteiger partial charge on any atom is -0.507 e. The van der Waals surface area contributed by atoms with Gasteiger partial charge in [-0.25, -0.2) is 0 Å². The lowest BCUT2D eigenvalue weighted by Gasteiger charge is -2.27. The van der Waals surface area contributed by atoms with Gasteiger partial charge in [0.05, 0.1) is 18.8 Å². The van der Waals surface area contributed by atoms with Crippen LogP contribution in [-0.2, 0) is 9.53 Å². The topological polar surface area (TPSA) is 78.9 Å². The third kappa shape index (κ3) is 3.40. The van der Waals surface area contributed by atoms with E-state index in [1.807, 2.05) is 0 Å². The van der Waals surface area contributed by atoms with E-state index in [0.29, 0.717) is 32.0 Å². The summed E-state index contributed by atoms with van der Waals surface area (Å²) >= 11 is 5.41. The average Bonchev–Trinajstić information content (AvgIpc) is 2.49. The summed E-state index contributed by atoms with van der Waals surface area (Å²) < 4.78 is 5.18. The van der Waals surface area contributed by atoms with E-state index in [9.17, 15) is 14.7 Å². The number of phenols is 1. The number of hydrogen-bond donors (Lipinski definition) is 2. The Bertz CT molecular complexity index is 515. The van der Waals surface area contributed by atoms with Crippen molar-refractivity contribution in [3.8, 4) is 5.75 Å². The van der Waals surface area contributed by atoms with Crippen LogP contribution in [0.25, 0.3) is 0 Å². The number of morpholine rings is 1. The highest BCUT2D eigenvalue weighted by atomic mass is 35.5. The van der Waals surface area contributed by atoms with E-state index in [2.05, 4.69) is 5.32 Å². The van der Waals surface area contributed by atoms with Crippen LogP contribution in [0, 0.1) is 0 Å². The van der Waals surface area contributed by atoms with Crippen LogP contribution < -0.4 is 5.32 Å². The van der Waals surface area contributed by atoms with E-state index in [-0.39, 0.29) is 29.0 Å². The van der Waals surface area contributed by atoms with Gasteiger partial charge in [0.1, 0.15) is 11.6 Å². The van der Waals surface area contributed by atoms with Crippen molar-refractivity contribution in [3.05, 3.63) is 23.8 Å². The first-order chi connectivity index (χ1) is 9.61. The Morgan fingerprint density at radius 1 is 1.35 bits per heavy atom. The number of benzene rings is 1. The van der Waals surface area contributed by atoms with Gasteiger partial charge in [0, 0.05) is 18.8 Å². The predicted octanol–water partition coefficient (Wildman–Crippen LogP) is 1.04. The summed E-state index contributed by atoms with van der Waals surface area (Å²) in [5.41, 5.74) is 0.573. The second kappa shape index (κ2) is 6.58. The van der Waals surface area contributed by atoms with Crippen LogP contribution in [0.1, 0.15) is 10.4 Å². The number of phenolic OH excluding ortho intramolecular Hbond substituents is 1. The molecule has 1 saturated heterocycles. The molecule has 20 heavy (non-hydrogen) atoms. The molecule has 108 valence electrons. The first kappa shape index (κ1) is 14.6. The molecule has 1 fully saturated rings. The number of rotatable bonds is 3. The van der Waals surface area contributed by atoms with Crippen molar-refractivity contribution in [2.75, 3.05) is 37.5 Å². The maximum Gasteiger partial charge on any atom is 0.257 e. The first-order valence-corrected chi connectivity index (χ1v) is 6.71. The second-order valence-corrected chi connectivity index (χ2v) is 4.59. The zero-order valence-electron chi connectivity index (χ0n) is 10.8. The number of aromatic hydroxyl groups is 1. The Kier molecular flexibility index (Phi) is 4.81. The molecule has 6 nitrogen and oxygen atoms in total. The third-order valence-corrected chi connectivity index (χ3v) is 3.17. The minimum absolute atomic E-state index is 0.120. The molecule has 1 heterocycles. The predicted molar refractivity (Wildman–Crippen MR) is 74.2 cm³/mol. The molecule has 1 aliphatic rings. The summed E-state index contributed by atoms with van der Waals surface area (Å²) in [5.74, 6) is -0.951. The number of alkyl halides is 1. The molecule has 0 saturated carbocycles. The summed E-state index contributed by atoms with van der Waals surface area (Å²) in [6, 6.07) is 4.32. The number of hydrogen-bond acceptors (Lipinski definition) is 4. The van der Waals surface area contributed by atoms with Gasteiger partial charge in [-0.05, 0) is 18.2 Å². The highest BCUT2D eigenvalue weighted by Crippen LogP contribution is 2.23. The van der Waals surface area contributed by atoms with E-state index < -0.39 is 0 Å². The van der Waals surface area contributed by atoms with Gasteiger partial charge in [0.15, 0.2) is 0 Å². The summed E-state index contributed by atoms with van der Waals surface area (Å²) in [6.07, 6.45) is 0. The van der Waals surface area contributed by atoms with E-state index >= 15 is 0 Å². The summed E-state index contributed by atoms with van der Waals surface area (Å²) in [4.78, 5) is 25.1. The average molecular weight is 299 g/mol. The third-order valence-electron chi connectivity index (χ3n) is 2.93. The normalized spacial score (nSPS) is 14.9. The van der Waals surface area contributed by atoms with Gasteiger partial charge in [-0.3, -0.25) is 9.59 Å². The number of carbonyl (C=O) groups is 2. The largest absolute Gasteiger partial charge is 0.507 e. The molecule has 1 aromatic carbocycles. The molecular weight excluding hydrogens is 284 g/mol. The smallest absolute Gasteiger partial charge is 0.257 e. The summed E-state index contributed by atoms with van der Waals surface area (Å²) in [5, 5.41) is 12.3. The van der Waals surface area contributed by atoms with Crippen LogP contribution in [0.5, 0.6) is 5.75 Å². The van der Waals surface area contributed by atoms with Crippen molar-refractivity contribution < 1.29 is 19.4 Å². The molecule has 2 rings (SSSR count). The molecule has 1 aliphatic heterocycles. The Labute approximate surface area is 121 Å². The summed E-state index contributed by atoms with van der Waals surface area (Å²) in [6.45, 7) is 1.93. The van der Waals surface area contributed by atoms with Crippen LogP contribution in [0.4, 0.5) is 5.69 Å². The zero-order chi connectivity index (χ0) is 14.5. The molecule has 7 heteroatoms. The number of amides is 2. The lowest BCUT2D eigenvalue weighted by atomic mass is 10.1. The number of nitrogens with zero attached hydrogens (tertiary/aromatic N) is 1. The van der Waals surface area contributed by atoms with Crippen LogP contribution >= 0.6 is 11.6 Å². The van der Waals surface area contributed by atoms with Gasteiger partial charge in [0.2, 0.25) is 5.91 Å². The highest BCUT2D eigenvalue weighted by Gasteiger charge is 2.21. The highest BCUT2D eigenvalue weighted by molar-refractivity contribution is 6.29. The number of ether oxygens (including phenoxy) is 1. The van der Waals surface area contributed by atoms with Crippen molar-refractivity contribution in [2.24, 2.45) is 0 Å². The summed E-state index contributed by atoms with van der Waals surface area (Å²) in [7, 11) is 0. The monoisotopic (exact) mass is 298 g/mol. The fourth-order valence-electron chi connectivity index (χ4n) is 1.92. The van der Waals surface area contributed by atoms with E-state index in [0.717, 1.165) is 0 Å². The molecule has 0 aliphatic carbocycles. The molecule has 2 amide bonds. The quantitative estimate of drug-likeness (QED) is 0.645. The zero-order valence-corrected chi connectivity index (χ0v) is 11.5.